The van der Waals surface area contributed by atoms with Crippen molar-refractivity contribution in [1.29, 1.82) is 0 Å². The van der Waals surface area contributed by atoms with Crippen LogP contribution in [0.2, 0.25) is 0 Å². The SMILES string of the molecule is O=C1N[C@H]2CSC(CCCCC(=O)N3CCCC4=C[C@@H]5C[C@@H](CN6CCCC[C@H]56)[C@@H]43)[C@H]2N1. The molecule has 0 aromatic heterocycles. The van der Waals surface area contributed by atoms with E-state index >= 15 is 0 Å². The number of amides is 3. The summed E-state index contributed by atoms with van der Waals surface area (Å²) in [5.74, 6) is 2.77. The number of nitrogens with one attached hydrogen (secondary N) is 2. The molecule has 1 unspecified atom stereocenters. The number of hydrogen-bond donors (Lipinski definition) is 2. The summed E-state index contributed by atoms with van der Waals surface area (Å²) in [6.07, 6.45) is 14.2. The average Bonchev–Trinajstić information content (AvgIpc) is 3.35. The first kappa shape index (κ1) is 21.3. The summed E-state index contributed by atoms with van der Waals surface area (Å²) in [6, 6.07) is 1.71. The summed E-state index contributed by atoms with van der Waals surface area (Å²) < 4.78 is 0. The average molecular weight is 459 g/mol. The van der Waals surface area contributed by atoms with Crippen molar-refractivity contribution in [1.82, 2.24) is 20.4 Å². The van der Waals surface area contributed by atoms with E-state index in [0.717, 1.165) is 49.9 Å². The fourth-order valence-corrected chi connectivity index (χ4v) is 9.21. The molecule has 0 saturated carbocycles. The minimum Gasteiger partial charge on any atom is -0.336 e. The third-order valence-corrected chi connectivity index (χ3v) is 10.6. The van der Waals surface area contributed by atoms with Crippen LogP contribution in [-0.2, 0) is 4.79 Å². The minimum atomic E-state index is -0.0113. The molecule has 0 spiro atoms. The second-order valence-corrected chi connectivity index (χ2v) is 12.2. The van der Waals surface area contributed by atoms with Gasteiger partial charge in [0.1, 0.15) is 0 Å². The summed E-state index contributed by atoms with van der Waals surface area (Å²) in [4.78, 5) is 29.9. The number of urea groups is 1. The van der Waals surface area contributed by atoms with Crippen LogP contribution in [0, 0.1) is 11.8 Å². The molecule has 5 saturated heterocycles. The fourth-order valence-electron chi connectivity index (χ4n) is 7.66. The molecule has 7 heteroatoms. The third kappa shape index (κ3) is 3.87. The number of fused-ring (bicyclic) bond motifs is 7. The van der Waals surface area contributed by atoms with Crippen LogP contribution in [0.1, 0.15) is 64.2 Å². The first-order chi connectivity index (χ1) is 15.7. The van der Waals surface area contributed by atoms with Gasteiger partial charge in [0.25, 0.3) is 0 Å². The molecule has 3 amide bonds. The van der Waals surface area contributed by atoms with E-state index in [-0.39, 0.29) is 12.1 Å². The monoisotopic (exact) mass is 458 g/mol. The van der Waals surface area contributed by atoms with Crippen molar-refractivity contribution in [3.8, 4) is 0 Å². The lowest BCUT2D eigenvalue weighted by Crippen LogP contribution is -2.60. The Kier molecular flexibility index (Phi) is 5.91. The van der Waals surface area contributed by atoms with E-state index in [4.69, 9.17) is 0 Å². The van der Waals surface area contributed by atoms with Gasteiger partial charge in [0.15, 0.2) is 0 Å². The van der Waals surface area contributed by atoms with Crippen molar-refractivity contribution in [2.24, 2.45) is 11.8 Å². The van der Waals surface area contributed by atoms with Crippen molar-refractivity contribution < 1.29 is 9.59 Å². The van der Waals surface area contributed by atoms with Gasteiger partial charge in [-0.05, 0) is 63.3 Å². The molecule has 5 aliphatic heterocycles. The fraction of sp³-hybridized carbons (Fsp3) is 0.840. The lowest BCUT2D eigenvalue weighted by Gasteiger charge is -2.54. The van der Waals surface area contributed by atoms with E-state index in [0.29, 0.717) is 35.6 Å². The molecule has 0 aromatic carbocycles. The van der Waals surface area contributed by atoms with Crippen molar-refractivity contribution in [3.63, 3.8) is 0 Å². The molecular formula is C25H38N4O2S. The number of thioether (sulfide) groups is 1. The number of hydrogen-bond acceptors (Lipinski definition) is 4. The van der Waals surface area contributed by atoms with Crippen LogP contribution in [0.25, 0.3) is 0 Å². The molecule has 5 heterocycles. The Morgan fingerprint density at radius 1 is 1.16 bits per heavy atom. The molecule has 2 bridgehead atoms. The van der Waals surface area contributed by atoms with Crippen molar-refractivity contribution >= 4 is 23.7 Å². The number of carbonyl (C=O) groups is 2. The molecular weight excluding hydrogens is 420 g/mol. The van der Waals surface area contributed by atoms with Gasteiger partial charge in [-0.2, -0.15) is 11.8 Å². The molecule has 176 valence electrons. The van der Waals surface area contributed by atoms with E-state index < -0.39 is 0 Å². The maximum absolute atomic E-state index is 13.3. The summed E-state index contributed by atoms with van der Waals surface area (Å²) >= 11 is 1.97. The van der Waals surface area contributed by atoms with Gasteiger partial charge in [0, 0.05) is 36.6 Å². The predicted molar refractivity (Wildman–Crippen MR) is 128 cm³/mol. The second-order valence-electron chi connectivity index (χ2n) is 11.0. The molecule has 0 aromatic rings. The molecule has 0 radical (unpaired) electrons. The highest BCUT2D eigenvalue weighted by atomic mass is 32.2. The maximum atomic E-state index is 13.3. The normalized spacial score (nSPS) is 40.6. The smallest absolute Gasteiger partial charge is 0.315 e. The van der Waals surface area contributed by atoms with E-state index in [1.807, 2.05) is 11.8 Å². The van der Waals surface area contributed by atoms with Crippen molar-refractivity contribution in [3.05, 3.63) is 11.6 Å². The van der Waals surface area contributed by atoms with E-state index in [2.05, 4.69) is 26.5 Å². The van der Waals surface area contributed by atoms with Crippen LogP contribution in [0.3, 0.4) is 0 Å². The molecule has 2 N–H and O–H groups in total. The molecule has 6 aliphatic rings. The van der Waals surface area contributed by atoms with Crippen LogP contribution >= 0.6 is 11.8 Å². The maximum Gasteiger partial charge on any atom is 0.315 e. The molecule has 7 atom stereocenters. The number of nitrogens with zero attached hydrogens (tertiary/aromatic N) is 2. The Morgan fingerprint density at radius 2 is 2.09 bits per heavy atom. The quantitative estimate of drug-likeness (QED) is 0.377. The van der Waals surface area contributed by atoms with E-state index in [1.165, 1.54) is 45.2 Å². The summed E-state index contributed by atoms with van der Waals surface area (Å²) in [5.41, 5.74) is 1.59. The van der Waals surface area contributed by atoms with Crippen LogP contribution in [0.4, 0.5) is 4.79 Å². The second kappa shape index (κ2) is 8.86. The van der Waals surface area contributed by atoms with Gasteiger partial charge in [-0.15, -0.1) is 0 Å². The number of rotatable bonds is 5. The van der Waals surface area contributed by atoms with E-state index in [1.54, 1.807) is 5.57 Å². The van der Waals surface area contributed by atoms with Gasteiger partial charge in [-0.1, -0.05) is 24.5 Å². The molecule has 5 fully saturated rings. The highest BCUT2D eigenvalue weighted by molar-refractivity contribution is 8.00. The van der Waals surface area contributed by atoms with Crippen molar-refractivity contribution in [2.45, 2.75) is 93.6 Å². The minimum absolute atomic E-state index is 0.0113. The molecule has 6 nitrogen and oxygen atoms in total. The van der Waals surface area contributed by atoms with Crippen LogP contribution < -0.4 is 10.6 Å². The topological polar surface area (TPSA) is 64.7 Å². The number of likely N-dealkylation sites (tertiary alicyclic amines) is 1. The molecule has 1 aliphatic carbocycles. The Balaban J connectivity index is 1.04. The Labute approximate surface area is 196 Å². The molecule has 6 rings (SSSR count). The Bertz CT molecular complexity index is 788. The number of unbranched alkanes of at least 4 members (excludes halogenated alkanes) is 1. The van der Waals surface area contributed by atoms with Crippen LogP contribution in [0.5, 0.6) is 0 Å². The number of carbonyl (C=O) groups excluding carboxylic acids is 2. The molecule has 32 heavy (non-hydrogen) atoms. The zero-order valence-electron chi connectivity index (χ0n) is 19.1. The lowest BCUT2D eigenvalue weighted by molar-refractivity contribution is -0.136. The van der Waals surface area contributed by atoms with Gasteiger partial charge in [0.05, 0.1) is 18.1 Å². The van der Waals surface area contributed by atoms with Gasteiger partial charge in [0.2, 0.25) is 5.91 Å². The van der Waals surface area contributed by atoms with Gasteiger partial charge in [-0.3, -0.25) is 9.69 Å². The van der Waals surface area contributed by atoms with Gasteiger partial charge in [-0.25, -0.2) is 4.79 Å². The van der Waals surface area contributed by atoms with Crippen molar-refractivity contribution in [2.75, 3.05) is 25.4 Å². The first-order valence-corrected chi connectivity index (χ1v) is 14.1. The highest BCUT2D eigenvalue weighted by Gasteiger charge is 2.47. The third-order valence-electron chi connectivity index (χ3n) is 9.04. The van der Waals surface area contributed by atoms with Gasteiger partial charge >= 0.3 is 6.03 Å². The predicted octanol–water partition coefficient (Wildman–Crippen LogP) is 3.13. The van der Waals surface area contributed by atoms with Crippen LogP contribution in [-0.4, -0.2) is 76.5 Å². The van der Waals surface area contributed by atoms with E-state index in [9.17, 15) is 9.59 Å². The standard InChI is InChI=1S/C25H38N4O2S/c30-22(9-2-1-8-21-23-19(15-32-21)26-25(31)27-23)29-11-5-6-16-12-17-13-18(24(16)29)14-28-10-4-3-7-20(17)28/h12,17-21,23-24H,1-11,13-15H2,(H2,26,27,31)/t17-,18+,19+,20-,21?,23+,24-/m1/s1. The Morgan fingerprint density at radius 3 is 3.03 bits per heavy atom. The van der Waals surface area contributed by atoms with Crippen LogP contribution in [0.15, 0.2) is 11.6 Å². The summed E-state index contributed by atoms with van der Waals surface area (Å²) in [6.45, 7) is 3.41. The first-order valence-electron chi connectivity index (χ1n) is 13.1. The lowest BCUT2D eigenvalue weighted by atomic mass is 9.68. The summed E-state index contributed by atoms with van der Waals surface area (Å²) in [7, 11) is 0. The largest absolute Gasteiger partial charge is 0.336 e. The number of piperidine rings is 3. The Hall–Kier alpha value is -1.21. The van der Waals surface area contributed by atoms with Gasteiger partial charge < -0.3 is 15.5 Å². The highest BCUT2D eigenvalue weighted by Crippen LogP contribution is 2.45. The summed E-state index contributed by atoms with van der Waals surface area (Å²) in [5, 5.41) is 6.59. The zero-order valence-corrected chi connectivity index (χ0v) is 20.0. The zero-order chi connectivity index (χ0) is 21.7.